The summed E-state index contributed by atoms with van der Waals surface area (Å²) in [6.45, 7) is -0.626. The van der Waals surface area contributed by atoms with Crippen LogP contribution in [0.2, 0.25) is 0 Å². The minimum Gasteiger partial charge on any atom is -0.460 e. The largest absolute Gasteiger partial charge is 0.460 e. The van der Waals surface area contributed by atoms with Crippen LogP contribution >= 0.6 is 0 Å². The van der Waals surface area contributed by atoms with Crippen LogP contribution in [0.25, 0.3) is 0 Å². The van der Waals surface area contributed by atoms with Crippen molar-refractivity contribution < 1.29 is 32.3 Å². The van der Waals surface area contributed by atoms with Gasteiger partial charge < -0.3 is 9.64 Å². The van der Waals surface area contributed by atoms with Gasteiger partial charge in [0.2, 0.25) is 0 Å². The summed E-state index contributed by atoms with van der Waals surface area (Å²) < 4.78 is 42.9. The molecule has 0 N–H and O–H groups in total. The number of nitrogens with zero attached hydrogens (tertiary/aromatic N) is 3. The number of hydrogen-bond acceptors (Lipinski definition) is 5. The maximum absolute atomic E-state index is 12.6. The van der Waals surface area contributed by atoms with Gasteiger partial charge in [-0.1, -0.05) is 30.3 Å². The molecule has 0 saturated carbocycles. The minimum atomic E-state index is -4.62. The van der Waals surface area contributed by atoms with E-state index in [1.807, 2.05) is 35.2 Å². The molecule has 7 nitrogen and oxygen atoms in total. The number of ether oxygens (including phenoxy) is 1. The van der Waals surface area contributed by atoms with E-state index in [4.69, 9.17) is 4.74 Å². The van der Waals surface area contributed by atoms with Gasteiger partial charge in [-0.3, -0.25) is 19.4 Å². The standard InChI is InChI=1S/C19H22F3N3O4/c20-19(21,22)13-25-16(26)10-24(18(25)28)15-6-8-23(9-7-15)11-17(27)29-12-14-4-2-1-3-5-14/h1-5,15H,6-13H2. The van der Waals surface area contributed by atoms with Crippen molar-refractivity contribution in [2.24, 2.45) is 0 Å². The third-order valence-corrected chi connectivity index (χ3v) is 5.01. The van der Waals surface area contributed by atoms with Gasteiger partial charge in [0.05, 0.1) is 6.54 Å². The third kappa shape index (κ3) is 5.69. The molecule has 2 heterocycles. The number of alkyl halides is 3. The van der Waals surface area contributed by atoms with Crippen molar-refractivity contribution >= 4 is 17.9 Å². The Hall–Kier alpha value is -2.62. The van der Waals surface area contributed by atoms with Gasteiger partial charge >= 0.3 is 18.2 Å². The Bertz CT molecular complexity index is 749. The fraction of sp³-hybridized carbons (Fsp3) is 0.526. The van der Waals surface area contributed by atoms with Crippen LogP contribution in [0.4, 0.5) is 18.0 Å². The molecule has 0 atom stereocenters. The average Bonchev–Trinajstić information content (AvgIpc) is 2.95. The molecule has 10 heteroatoms. The van der Waals surface area contributed by atoms with E-state index in [-0.39, 0.29) is 36.6 Å². The topological polar surface area (TPSA) is 70.2 Å². The zero-order valence-electron chi connectivity index (χ0n) is 15.7. The van der Waals surface area contributed by atoms with Gasteiger partial charge in [0, 0.05) is 19.1 Å². The van der Waals surface area contributed by atoms with Gasteiger partial charge in [-0.05, 0) is 18.4 Å². The third-order valence-electron chi connectivity index (χ3n) is 5.01. The summed E-state index contributed by atoms with van der Waals surface area (Å²) in [4.78, 5) is 39.4. The van der Waals surface area contributed by atoms with Crippen molar-refractivity contribution in [3.8, 4) is 0 Å². The van der Waals surface area contributed by atoms with E-state index in [0.29, 0.717) is 25.9 Å². The number of imide groups is 1. The molecular weight excluding hydrogens is 391 g/mol. The number of piperidine rings is 1. The van der Waals surface area contributed by atoms with E-state index in [9.17, 15) is 27.6 Å². The molecule has 1 aromatic carbocycles. The van der Waals surface area contributed by atoms with E-state index < -0.39 is 24.7 Å². The lowest BCUT2D eigenvalue weighted by Gasteiger charge is -2.35. The molecule has 0 unspecified atom stereocenters. The van der Waals surface area contributed by atoms with E-state index >= 15 is 0 Å². The Kier molecular flexibility index (Phi) is 6.41. The summed E-state index contributed by atoms with van der Waals surface area (Å²) in [5, 5.41) is 0. The molecule has 2 aliphatic heterocycles. The van der Waals surface area contributed by atoms with E-state index in [1.165, 1.54) is 4.90 Å². The first-order chi connectivity index (χ1) is 13.7. The van der Waals surface area contributed by atoms with Crippen LogP contribution in [0.3, 0.4) is 0 Å². The van der Waals surface area contributed by atoms with E-state index in [0.717, 1.165) is 5.56 Å². The number of urea groups is 1. The van der Waals surface area contributed by atoms with E-state index in [1.54, 1.807) is 0 Å². The van der Waals surface area contributed by atoms with Crippen LogP contribution in [0.15, 0.2) is 30.3 Å². The Morgan fingerprint density at radius 1 is 1.10 bits per heavy atom. The molecule has 0 radical (unpaired) electrons. The molecular formula is C19H22F3N3O4. The molecule has 0 aliphatic carbocycles. The molecule has 29 heavy (non-hydrogen) atoms. The van der Waals surface area contributed by atoms with Gasteiger partial charge in [0.25, 0.3) is 5.91 Å². The Balaban J connectivity index is 1.44. The number of amides is 3. The first-order valence-electron chi connectivity index (χ1n) is 9.32. The zero-order chi connectivity index (χ0) is 21.0. The zero-order valence-corrected chi connectivity index (χ0v) is 15.7. The summed E-state index contributed by atoms with van der Waals surface area (Å²) in [6.07, 6.45) is -3.67. The van der Waals surface area contributed by atoms with Crippen molar-refractivity contribution in [1.82, 2.24) is 14.7 Å². The fourth-order valence-corrected chi connectivity index (χ4v) is 3.54. The molecule has 0 spiro atoms. The number of carbonyl (C=O) groups excluding carboxylic acids is 3. The van der Waals surface area contributed by atoms with Gasteiger partial charge in [-0.2, -0.15) is 13.2 Å². The quantitative estimate of drug-likeness (QED) is 0.527. The van der Waals surface area contributed by atoms with Gasteiger partial charge in [0.1, 0.15) is 19.7 Å². The second-order valence-corrected chi connectivity index (χ2v) is 7.16. The number of likely N-dealkylation sites (tertiary alicyclic amines) is 1. The predicted molar refractivity (Wildman–Crippen MR) is 95.6 cm³/mol. The molecule has 2 saturated heterocycles. The van der Waals surface area contributed by atoms with E-state index in [2.05, 4.69) is 0 Å². The second kappa shape index (κ2) is 8.81. The summed E-state index contributed by atoms with van der Waals surface area (Å²) in [6, 6.07) is 8.08. The van der Waals surface area contributed by atoms with Crippen LogP contribution in [-0.2, 0) is 20.9 Å². The van der Waals surface area contributed by atoms with Crippen LogP contribution in [0.1, 0.15) is 18.4 Å². The molecule has 3 rings (SSSR count). The Morgan fingerprint density at radius 2 is 1.76 bits per heavy atom. The van der Waals surface area contributed by atoms with Crippen molar-refractivity contribution in [3.63, 3.8) is 0 Å². The van der Waals surface area contributed by atoms with Gasteiger partial charge in [-0.15, -0.1) is 0 Å². The molecule has 0 aromatic heterocycles. The maximum atomic E-state index is 12.6. The number of halogens is 3. The highest BCUT2D eigenvalue weighted by Gasteiger charge is 2.45. The molecule has 3 amide bonds. The number of benzene rings is 1. The number of rotatable bonds is 6. The van der Waals surface area contributed by atoms with Crippen LogP contribution < -0.4 is 0 Å². The normalized spacial score (nSPS) is 19.1. The van der Waals surface area contributed by atoms with Crippen molar-refractivity contribution in [1.29, 1.82) is 0 Å². The lowest BCUT2D eigenvalue weighted by atomic mass is 10.0. The second-order valence-electron chi connectivity index (χ2n) is 7.16. The maximum Gasteiger partial charge on any atom is 0.406 e. The van der Waals surface area contributed by atoms with Crippen LogP contribution in [-0.4, -0.2) is 77.5 Å². The monoisotopic (exact) mass is 413 g/mol. The lowest BCUT2D eigenvalue weighted by Crippen LogP contribution is -2.48. The average molecular weight is 413 g/mol. The van der Waals surface area contributed by atoms with Gasteiger partial charge in [0.15, 0.2) is 0 Å². The highest BCUT2D eigenvalue weighted by atomic mass is 19.4. The first-order valence-corrected chi connectivity index (χ1v) is 9.32. The molecule has 158 valence electrons. The molecule has 2 fully saturated rings. The SMILES string of the molecule is O=C(CN1CCC(N2CC(=O)N(CC(F)(F)F)C2=O)CC1)OCc1ccccc1. The predicted octanol–water partition coefficient (Wildman–Crippen LogP) is 2.02. The first kappa shape index (κ1) is 21.1. The summed E-state index contributed by atoms with van der Waals surface area (Å²) in [5.74, 6) is -1.20. The summed E-state index contributed by atoms with van der Waals surface area (Å²) >= 11 is 0. The number of esters is 1. The fourth-order valence-electron chi connectivity index (χ4n) is 3.54. The highest BCUT2D eigenvalue weighted by molar-refractivity contribution is 6.02. The Labute approximate surface area is 166 Å². The molecule has 1 aromatic rings. The molecule has 2 aliphatic rings. The number of carbonyl (C=O) groups is 3. The minimum absolute atomic E-state index is 0.104. The van der Waals surface area contributed by atoms with Crippen molar-refractivity contribution in [3.05, 3.63) is 35.9 Å². The van der Waals surface area contributed by atoms with Crippen LogP contribution in [0.5, 0.6) is 0 Å². The van der Waals surface area contributed by atoms with Crippen molar-refractivity contribution in [2.45, 2.75) is 31.7 Å². The lowest BCUT2D eigenvalue weighted by molar-refractivity contribution is -0.151. The Morgan fingerprint density at radius 3 is 2.38 bits per heavy atom. The summed E-state index contributed by atoms with van der Waals surface area (Å²) in [7, 11) is 0. The van der Waals surface area contributed by atoms with Crippen molar-refractivity contribution in [2.75, 3.05) is 32.7 Å². The van der Waals surface area contributed by atoms with Gasteiger partial charge in [-0.25, -0.2) is 4.79 Å². The smallest absolute Gasteiger partial charge is 0.406 e. The van der Waals surface area contributed by atoms with Crippen LogP contribution in [0, 0.1) is 0 Å². The summed E-state index contributed by atoms with van der Waals surface area (Å²) in [5.41, 5.74) is 0.889. The highest BCUT2D eigenvalue weighted by Crippen LogP contribution is 2.25. The number of hydrogen-bond donors (Lipinski definition) is 0. The molecule has 0 bridgehead atoms.